The Balaban J connectivity index is 2.10. The third-order valence-corrected chi connectivity index (χ3v) is 6.21. The van der Waals surface area contributed by atoms with E-state index in [1.165, 1.54) is 29.3 Å². The van der Waals surface area contributed by atoms with Gasteiger partial charge in [-0.15, -0.1) is 0 Å². The van der Waals surface area contributed by atoms with Gasteiger partial charge >= 0.3 is 0 Å². The Morgan fingerprint density at radius 1 is 1.23 bits per heavy atom. The number of carbonyl (C=O) groups is 1. The van der Waals surface area contributed by atoms with Crippen LogP contribution in [0.25, 0.3) is 0 Å². The highest BCUT2D eigenvalue weighted by Crippen LogP contribution is 2.32. The van der Waals surface area contributed by atoms with Gasteiger partial charge in [0.2, 0.25) is 10.0 Å². The first kappa shape index (κ1) is 17.0. The second kappa shape index (κ2) is 6.79. The molecule has 1 N–H and O–H groups in total. The normalized spacial score (nSPS) is 16.5. The molecule has 122 valence electrons. The molecule has 1 fully saturated rings. The van der Waals surface area contributed by atoms with Gasteiger partial charge in [0.1, 0.15) is 0 Å². The van der Waals surface area contributed by atoms with Crippen molar-refractivity contribution in [3.05, 3.63) is 29.8 Å². The molecule has 0 bridgehead atoms. The van der Waals surface area contributed by atoms with Gasteiger partial charge in [-0.3, -0.25) is 4.79 Å². The predicted octanol–water partition coefficient (Wildman–Crippen LogP) is 2.25. The lowest BCUT2D eigenvalue weighted by molar-refractivity contribution is 0.0935. The summed E-state index contributed by atoms with van der Waals surface area (Å²) in [5, 5.41) is 2.96. The van der Waals surface area contributed by atoms with Crippen molar-refractivity contribution in [1.82, 2.24) is 9.62 Å². The van der Waals surface area contributed by atoms with Crippen molar-refractivity contribution in [1.29, 1.82) is 0 Å². The van der Waals surface area contributed by atoms with Crippen LogP contribution >= 0.6 is 0 Å². The van der Waals surface area contributed by atoms with Crippen LogP contribution in [-0.4, -0.2) is 37.8 Å². The molecule has 0 unspecified atom stereocenters. The fourth-order valence-corrected chi connectivity index (χ4v) is 3.95. The number of hydrogen-bond donors (Lipinski definition) is 1. The van der Waals surface area contributed by atoms with E-state index in [-0.39, 0.29) is 16.8 Å². The van der Waals surface area contributed by atoms with E-state index < -0.39 is 10.0 Å². The lowest BCUT2D eigenvalue weighted by Gasteiger charge is -2.18. The first-order valence-electron chi connectivity index (χ1n) is 7.81. The van der Waals surface area contributed by atoms with Gasteiger partial charge in [-0.2, -0.15) is 4.31 Å². The van der Waals surface area contributed by atoms with Crippen LogP contribution in [0.2, 0.25) is 0 Å². The molecule has 1 aromatic rings. The van der Waals surface area contributed by atoms with E-state index in [0.29, 0.717) is 24.6 Å². The number of nitrogens with zero attached hydrogens (tertiary/aromatic N) is 1. The Morgan fingerprint density at radius 3 is 2.23 bits per heavy atom. The zero-order valence-electron chi connectivity index (χ0n) is 13.4. The summed E-state index contributed by atoms with van der Waals surface area (Å²) in [5.41, 5.74) is 0.492. The SMILES string of the molecule is CCN(CC)S(=O)(=O)c1ccc(C(=O)N[C@H](C)C2CC2)cc1. The van der Waals surface area contributed by atoms with Crippen LogP contribution in [0.3, 0.4) is 0 Å². The monoisotopic (exact) mass is 324 g/mol. The number of carbonyl (C=O) groups excluding carboxylic acids is 1. The number of hydrogen-bond acceptors (Lipinski definition) is 3. The largest absolute Gasteiger partial charge is 0.349 e. The van der Waals surface area contributed by atoms with E-state index in [9.17, 15) is 13.2 Å². The minimum atomic E-state index is -3.47. The van der Waals surface area contributed by atoms with Gasteiger partial charge in [0.15, 0.2) is 0 Å². The van der Waals surface area contributed by atoms with E-state index in [1.54, 1.807) is 12.1 Å². The number of amides is 1. The molecule has 6 heteroatoms. The molecule has 1 amide bonds. The van der Waals surface area contributed by atoms with Crippen molar-refractivity contribution in [2.75, 3.05) is 13.1 Å². The summed E-state index contributed by atoms with van der Waals surface area (Å²) >= 11 is 0. The molecule has 0 spiro atoms. The maximum absolute atomic E-state index is 12.4. The molecular formula is C16H24N2O3S. The maximum Gasteiger partial charge on any atom is 0.251 e. The molecule has 0 aromatic heterocycles. The molecule has 0 saturated heterocycles. The quantitative estimate of drug-likeness (QED) is 0.836. The Bertz CT molecular complexity index is 617. The van der Waals surface area contributed by atoms with Crippen molar-refractivity contribution >= 4 is 15.9 Å². The Labute approximate surface area is 132 Å². The Morgan fingerprint density at radius 2 is 1.77 bits per heavy atom. The molecule has 1 aliphatic rings. The standard InChI is InChI=1S/C16H24N2O3S/c1-4-18(5-2)22(20,21)15-10-8-14(9-11-15)16(19)17-12(3)13-6-7-13/h8-13H,4-7H2,1-3H3,(H,17,19)/t12-/m1/s1. The van der Waals surface area contributed by atoms with Crippen LogP contribution in [0, 0.1) is 5.92 Å². The fraction of sp³-hybridized carbons (Fsp3) is 0.562. The van der Waals surface area contributed by atoms with Gasteiger partial charge in [-0.05, 0) is 49.9 Å². The van der Waals surface area contributed by atoms with Gasteiger partial charge in [-0.25, -0.2) is 8.42 Å². The molecule has 1 saturated carbocycles. The first-order valence-corrected chi connectivity index (χ1v) is 9.25. The van der Waals surface area contributed by atoms with Crippen molar-refractivity contribution in [3.8, 4) is 0 Å². The van der Waals surface area contributed by atoms with Gasteiger partial charge in [0.05, 0.1) is 4.90 Å². The van der Waals surface area contributed by atoms with Crippen molar-refractivity contribution in [2.45, 2.75) is 44.6 Å². The molecule has 5 nitrogen and oxygen atoms in total. The van der Waals surface area contributed by atoms with E-state index in [2.05, 4.69) is 5.32 Å². The zero-order valence-corrected chi connectivity index (χ0v) is 14.2. The second-order valence-corrected chi connectivity index (χ2v) is 7.65. The zero-order chi connectivity index (χ0) is 16.3. The van der Waals surface area contributed by atoms with Crippen LogP contribution in [0.15, 0.2) is 29.2 Å². The summed E-state index contributed by atoms with van der Waals surface area (Å²) in [5.74, 6) is 0.442. The molecule has 1 atom stereocenters. The van der Waals surface area contributed by atoms with Crippen LogP contribution in [0.1, 0.15) is 44.0 Å². The van der Waals surface area contributed by atoms with Crippen LogP contribution in [0.5, 0.6) is 0 Å². The molecule has 0 radical (unpaired) electrons. The predicted molar refractivity (Wildman–Crippen MR) is 86.2 cm³/mol. The van der Waals surface area contributed by atoms with E-state index in [4.69, 9.17) is 0 Å². The topological polar surface area (TPSA) is 66.5 Å². The molecule has 0 aliphatic heterocycles. The summed E-state index contributed by atoms with van der Waals surface area (Å²) < 4.78 is 26.2. The van der Waals surface area contributed by atoms with E-state index in [1.807, 2.05) is 20.8 Å². The molecule has 1 aromatic carbocycles. The lowest BCUT2D eigenvalue weighted by Crippen LogP contribution is -2.34. The van der Waals surface area contributed by atoms with E-state index >= 15 is 0 Å². The summed E-state index contributed by atoms with van der Waals surface area (Å²) in [6.45, 7) is 6.49. The Kier molecular flexibility index (Phi) is 5.24. The molecule has 1 aliphatic carbocycles. The Hall–Kier alpha value is -1.40. The minimum Gasteiger partial charge on any atom is -0.349 e. The number of sulfonamides is 1. The van der Waals surface area contributed by atoms with Crippen LogP contribution < -0.4 is 5.32 Å². The molecule has 2 rings (SSSR count). The number of benzene rings is 1. The van der Waals surface area contributed by atoms with Gasteiger partial charge < -0.3 is 5.32 Å². The first-order chi connectivity index (χ1) is 10.4. The summed E-state index contributed by atoms with van der Waals surface area (Å²) in [6.07, 6.45) is 2.34. The highest BCUT2D eigenvalue weighted by atomic mass is 32.2. The molecule has 0 heterocycles. The highest BCUT2D eigenvalue weighted by Gasteiger charge is 2.29. The fourth-order valence-electron chi connectivity index (χ4n) is 2.50. The molecule has 22 heavy (non-hydrogen) atoms. The number of rotatable bonds is 7. The van der Waals surface area contributed by atoms with Crippen LogP contribution in [0.4, 0.5) is 0 Å². The third kappa shape index (κ3) is 3.67. The van der Waals surface area contributed by atoms with Gasteiger partial charge in [-0.1, -0.05) is 13.8 Å². The van der Waals surface area contributed by atoms with Gasteiger partial charge in [0, 0.05) is 24.7 Å². The summed E-state index contributed by atoms with van der Waals surface area (Å²) in [6, 6.07) is 6.33. The number of nitrogens with one attached hydrogen (secondary N) is 1. The maximum atomic E-state index is 12.4. The van der Waals surface area contributed by atoms with Gasteiger partial charge in [0.25, 0.3) is 5.91 Å². The van der Waals surface area contributed by atoms with Crippen molar-refractivity contribution < 1.29 is 13.2 Å². The van der Waals surface area contributed by atoms with Crippen LogP contribution in [-0.2, 0) is 10.0 Å². The highest BCUT2D eigenvalue weighted by molar-refractivity contribution is 7.89. The van der Waals surface area contributed by atoms with Crippen molar-refractivity contribution in [2.24, 2.45) is 5.92 Å². The van der Waals surface area contributed by atoms with Crippen molar-refractivity contribution in [3.63, 3.8) is 0 Å². The third-order valence-electron chi connectivity index (χ3n) is 4.15. The lowest BCUT2D eigenvalue weighted by atomic mass is 10.1. The molecular weight excluding hydrogens is 300 g/mol. The summed E-state index contributed by atoms with van der Waals surface area (Å²) in [7, 11) is -3.47. The van der Waals surface area contributed by atoms with E-state index in [0.717, 1.165) is 0 Å². The average Bonchev–Trinajstić information content (AvgIpc) is 3.33. The second-order valence-electron chi connectivity index (χ2n) is 5.71. The average molecular weight is 324 g/mol. The smallest absolute Gasteiger partial charge is 0.251 e. The summed E-state index contributed by atoms with van der Waals surface area (Å²) in [4.78, 5) is 12.3. The minimum absolute atomic E-state index is 0.147.